The lowest BCUT2D eigenvalue weighted by Gasteiger charge is -2.34. The Bertz CT molecular complexity index is 891. The van der Waals surface area contributed by atoms with Gasteiger partial charge in [-0.25, -0.2) is 0 Å². The molecule has 1 unspecified atom stereocenters. The lowest BCUT2D eigenvalue weighted by Crippen LogP contribution is -2.49. The molecule has 0 aliphatic carbocycles. The number of likely N-dealkylation sites (tertiary alicyclic amines) is 1. The van der Waals surface area contributed by atoms with Crippen LogP contribution < -0.4 is 10.1 Å². The maximum absolute atomic E-state index is 12.6. The van der Waals surface area contributed by atoms with E-state index in [4.69, 9.17) is 4.74 Å². The average Bonchev–Trinajstić information content (AvgIpc) is 3.20. The minimum Gasteiger partial charge on any atom is -0.490 e. The highest BCUT2D eigenvalue weighted by molar-refractivity contribution is 5.85. The number of benzene rings is 1. The second-order valence-electron chi connectivity index (χ2n) is 8.51. The van der Waals surface area contributed by atoms with Gasteiger partial charge in [0, 0.05) is 48.7 Å². The van der Waals surface area contributed by atoms with E-state index in [1.807, 2.05) is 44.3 Å². The highest BCUT2D eigenvalue weighted by Crippen LogP contribution is 2.24. The van der Waals surface area contributed by atoms with Crippen LogP contribution in [0.2, 0.25) is 0 Å². The summed E-state index contributed by atoms with van der Waals surface area (Å²) in [7, 11) is 0. The van der Waals surface area contributed by atoms with Gasteiger partial charge in [-0.15, -0.1) is 10.1 Å². The van der Waals surface area contributed by atoms with Crippen molar-refractivity contribution in [1.82, 2.24) is 15.2 Å². The molecule has 0 radical (unpaired) electrons. The van der Waals surface area contributed by atoms with Crippen LogP contribution in [0.5, 0.6) is 5.75 Å². The van der Waals surface area contributed by atoms with Crippen molar-refractivity contribution in [3.63, 3.8) is 0 Å². The van der Waals surface area contributed by atoms with Crippen LogP contribution in [0.3, 0.4) is 0 Å². The Morgan fingerprint density at radius 2 is 2.13 bits per heavy atom. The molecule has 3 rings (SSSR count). The summed E-state index contributed by atoms with van der Waals surface area (Å²) >= 11 is 0. The third kappa shape index (κ3) is 6.56. The van der Waals surface area contributed by atoms with Gasteiger partial charge in [0.1, 0.15) is 24.6 Å². The van der Waals surface area contributed by atoms with E-state index in [-0.39, 0.29) is 25.5 Å². The van der Waals surface area contributed by atoms with Gasteiger partial charge < -0.3 is 29.9 Å². The summed E-state index contributed by atoms with van der Waals surface area (Å²) < 4.78 is 5.77. The number of aliphatic hydroxyl groups is 1. The number of aromatic nitrogens is 1. The maximum Gasteiger partial charge on any atom is 0.294 e. The zero-order valence-electron chi connectivity index (χ0n) is 17.9. The van der Waals surface area contributed by atoms with Gasteiger partial charge in [-0.3, -0.25) is 4.79 Å². The number of carbonyl (C=O) groups excluding carboxylic acids is 1. The molecule has 0 spiro atoms. The van der Waals surface area contributed by atoms with Crippen molar-refractivity contribution >= 4 is 16.8 Å². The molecular weight excluding hydrogens is 404 g/mol. The molecule has 1 fully saturated rings. The second-order valence-corrected chi connectivity index (χ2v) is 8.51. The smallest absolute Gasteiger partial charge is 0.294 e. The number of nitrogens with one attached hydrogen (secondary N) is 2. The standard InChI is InChI=1S/C21H30N4O6/c1-21(2,12-20(27)24-10-7-16(8-11-24)31-25(28)29)23-13-15(26)14-30-19-5-3-4-18-17(19)6-9-22-18/h3-6,9,15-16,22-23,26H,7-8,10-14H2,1-2H3. The molecule has 10 heteroatoms. The van der Waals surface area contributed by atoms with Gasteiger partial charge in [0.05, 0.1) is 0 Å². The fourth-order valence-electron chi connectivity index (χ4n) is 3.71. The number of carbonyl (C=O) groups is 1. The third-order valence-corrected chi connectivity index (χ3v) is 5.43. The summed E-state index contributed by atoms with van der Waals surface area (Å²) in [6.07, 6.45) is 1.81. The van der Waals surface area contributed by atoms with E-state index in [2.05, 4.69) is 15.1 Å². The summed E-state index contributed by atoms with van der Waals surface area (Å²) in [6.45, 7) is 5.10. The average molecular weight is 434 g/mol. The van der Waals surface area contributed by atoms with Crippen molar-refractivity contribution in [3.8, 4) is 5.75 Å². The van der Waals surface area contributed by atoms with Crippen LogP contribution >= 0.6 is 0 Å². The highest BCUT2D eigenvalue weighted by atomic mass is 17.0. The number of nitrogens with zero attached hydrogens (tertiary/aromatic N) is 2. The number of piperidine rings is 1. The normalized spacial score (nSPS) is 16.3. The van der Waals surface area contributed by atoms with Gasteiger partial charge in [0.2, 0.25) is 5.91 Å². The summed E-state index contributed by atoms with van der Waals surface area (Å²) in [4.78, 5) is 32.5. The number of aliphatic hydroxyl groups excluding tert-OH is 1. The Labute approximate surface area is 180 Å². The van der Waals surface area contributed by atoms with Gasteiger partial charge >= 0.3 is 0 Å². The first-order chi connectivity index (χ1) is 14.7. The minimum absolute atomic E-state index is 0.0260. The Morgan fingerprint density at radius 3 is 2.84 bits per heavy atom. The van der Waals surface area contributed by atoms with E-state index in [0.717, 1.165) is 10.9 Å². The van der Waals surface area contributed by atoms with E-state index in [1.165, 1.54) is 0 Å². The molecule has 1 amide bonds. The van der Waals surface area contributed by atoms with Crippen LogP contribution in [0.15, 0.2) is 30.5 Å². The van der Waals surface area contributed by atoms with Crippen LogP contribution in [0.4, 0.5) is 0 Å². The van der Waals surface area contributed by atoms with Crippen molar-refractivity contribution in [2.75, 3.05) is 26.2 Å². The van der Waals surface area contributed by atoms with Crippen LogP contribution in [-0.2, 0) is 9.63 Å². The first-order valence-electron chi connectivity index (χ1n) is 10.4. The fourth-order valence-corrected chi connectivity index (χ4v) is 3.71. The van der Waals surface area contributed by atoms with Crippen LogP contribution in [-0.4, -0.2) is 70.0 Å². The molecule has 170 valence electrons. The number of fused-ring (bicyclic) bond motifs is 1. The molecule has 1 aliphatic heterocycles. The van der Waals surface area contributed by atoms with E-state index in [9.17, 15) is 20.0 Å². The molecule has 31 heavy (non-hydrogen) atoms. The first-order valence-corrected chi connectivity index (χ1v) is 10.4. The number of amides is 1. The van der Waals surface area contributed by atoms with Crippen LogP contribution in [0.1, 0.15) is 33.1 Å². The van der Waals surface area contributed by atoms with Gasteiger partial charge in [0.25, 0.3) is 5.09 Å². The second kappa shape index (κ2) is 9.97. The van der Waals surface area contributed by atoms with Gasteiger partial charge in [0.15, 0.2) is 0 Å². The first kappa shape index (κ1) is 22.8. The number of hydrogen-bond acceptors (Lipinski definition) is 7. The number of ether oxygens (including phenoxy) is 1. The Kier molecular flexibility index (Phi) is 7.34. The summed E-state index contributed by atoms with van der Waals surface area (Å²) in [5.74, 6) is 0.679. The molecule has 1 aromatic carbocycles. The maximum atomic E-state index is 12.6. The van der Waals surface area contributed by atoms with Crippen molar-refractivity contribution in [2.45, 2.75) is 50.9 Å². The molecule has 1 saturated heterocycles. The van der Waals surface area contributed by atoms with Crippen LogP contribution in [0.25, 0.3) is 10.9 Å². The van der Waals surface area contributed by atoms with Crippen molar-refractivity contribution < 1.29 is 24.6 Å². The van der Waals surface area contributed by atoms with Gasteiger partial charge in [-0.05, 0) is 44.9 Å². The molecule has 3 N–H and O–H groups in total. The summed E-state index contributed by atoms with van der Waals surface area (Å²) in [5.41, 5.74) is 0.450. The van der Waals surface area contributed by atoms with Gasteiger partial charge in [-0.1, -0.05) is 6.07 Å². The number of rotatable bonds is 10. The van der Waals surface area contributed by atoms with E-state index >= 15 is 0 Å². The lowest BCUT2D eigenvalue weighted by molar-refractivity contribution is -0.769. The van der Waals surface area contributed by atoms with Crippen molar-refractivity contribution in [3.05, 3.63) is 40.6 Å². The largest absolute Gasteiger partial charge is 0.490 e. The molecule has 2 aromatic rings. The number of β-amino-alcohol motifs (C(OH)–C–C–N with tert-alkyl or cyclic N) is 1. The minimum atomic E-state index is -0.775. The molecule has 1 aromatic heterocycles. The Hall–Kier alpha value is -2.85. The topological polar surface area (TPSA) is 130 Å². The summed E-state index contributed by atoms with van der Waals surface area (Å²) in [6, 6.07) is 7.63. The van der Waals surface area contributed by atoms with Crippen molar-refractivity contribution in [1.29, 1.82) is 0 Å². The Morgan fingerprint density at radius 1 is 1.39 bits per heavy atom. The monoisotopic (exact) mass is 434 g/mol. The zero-order valence-corrected chi connectivity index (χ0v) is 17.9. The molecular formula is C21H30N4O6. The quantitative estimate of drug-likeness (QED) is 0.384. The zero-order chi connectivity index (χ0) is 22.4. The number of H-pyrrole nitrogens is 1. The Balaban J connectivity index is 1.40. The van der Waals surface area contributed by atoms with Gasteiger partial charge in [-0.2, -0.15) is 0 Å². The molecule has 10 nitrogen and oxygen atoms in total. The fraction of sp³-hybridized carbons (Fsp3) is 0.571. The summed E-state index contributed by atoms with van der Waals surface area (Å²) in [5, 5.41) is 24.2. The predicted octanol–water partition coefficient (Wildman–Crippen LogP) is 1.87. The third-order valence-electron chi connectivity index (χ3n) is 5.43. The van der Waals surface area contributed by atoms with Crippen molar-refractivity contribution in [2.24, 2.45) is 0 Å². The van der Waals surface area contributed by atoms with E-state index in [1.54, 1.807) is 4.90 Å². The highest BCUT2D eigenvalue weighted by Gasteiger charge is 2.29. The van der Waals surface area contributed by atoms with E-state index < -0.39 is 22.8 Å². The predicted molar refractivity (Wildman–Crippen MR) is 114 cm³/mol. The SMILES string of the molecule is CC(C)(CC(=O)N1CCC(O[N+](=O)[O-])CC1)NCC(O)COc1cccc2[nH]ccc12. The van der Waals surface area contributed by atoms with E-state index in [0.29, 0.717) is 31.7 Å². The molecule has 0 bridgehead atoms. The lowest BCUT2D eigenvalue weighted by atomic mass is 9.98. The molecule has 1 aliphatic rings. The molecule has 2 heterocycles. The van der Waals surface area contributed by atoms with Crippen LogP contribution in [0, 0.1) is 10.1 Å². The number of hydrogen-bond donors (Lipinski definition) is 3. The molecule has 0 saturated carbocycles. The number of aromatic amines is 1. The molecule has 1 atom stereocenters.